The zero-order valence-electron chi connectivity index (χ0n) is 12.7. The Bertz CT molecular complexity index is 1050. The van der Waals surface area contributed by atoms with E-state index in [1.54, 1.807) is 0 Å². The number of aromatic amines is 2. The van der Waals surface area contributed by atoms with Crippen LogP contribution in [-0.4, -0.2) is 25.1 Å². The van der Waals surface area contributed by atoms with Gasteiger partial charge in [0, 0.05) is 11.3 Å². The lowest BCUT2D eigenvalue weighted by molar-refractivity contribution is 0.540. The highest BCUT2D eigenvalue weighted by Crippen LogP contribution is 2.26. The number of oxazole rings is 1. The van der Waals surface area contributed by atoms with Crippen LogP contribution in [0.1, 0.15) is 11.5 Å². The van der Waals surface area contributed by atoms with Gasteiger partial charge < -0.3 is 9.40 Å². The molecule has 0 aliphatic rings. The van der Waals surface area contributed by atoms with Gasteiger partial charge in [0.2, 0.25) is 5.89 Å². The zero-order valence-corrected chi connectivity index (χ0v) is 13.6. The number of fused-ring (bicyclic) bond motifs is 1. The van der Waals surface area contributed by atoms with Crippen LogP contribution in [0.5, 0.6) is 0 Å². The summed E-state index contributed by atoms with van der Waals surface area (Å²) in [4.78, 5) is 23.5. The van der Waals surface area contributed by atoms with E-state index in [9.17, 15) is 4.79 Å². The van der Waals surface area contributed by atoms with Crippen LogP contribution < -0.4 is 5.56 Å². The van der Waals surface area contributed by atoms with Crippen LogP contribution >= 0.6 is 11.8 Å². The largest absolute Gasteiger partial charge is 0.441 e. The van der Waals surface area contributed by atoms with Crippen molar-refractivity contribution < 1.29 is 4.42 Å². The van der Waals surface area contributed by atoms with E-state index < -0.39 is 0 Å². The van der Waals surface area contributed by atoms with Crippen LogP contribution in [0.15, 0.2) is 50.9 Å². The highest BCUT2D eigenvalue weighted by molar-refractivity contribution is 7.98. The van der Waals surface area contributed by atoms with Crippen LogP contribution in [0.2, 0.25) is 0 Å². The quantitative estimate of drug-likeness (QED) is 0.438. The third-order valence-corrected chi connectivity index (χ3v) is 4.44. The van der Waals surface area contributed by atoms with Gasteiger partial charge in [0.15, 0.2) is 10.8 Å². The minimum atomic E-state index is -0.210. The van der Waals surface area contributed by atoms with Crippen molar-refractivity contribution >= 4 is 22.8 Å². The molecule has 1 aromatic carbocycles. The summed E-state index contributed by atoms with van der Waals surface area (Å²) in [7, 11) is 0. The van der Waals surface area contributed by atoms with Crippen molar-refractivity contribution in [2.75, 3.05) is 0 Å². The van der Waals surface area contributed by atoms with Crippen molar-refractivity contribution in [1.82, 2.24) is 25.1 Å². The topological polar surface area (TPSA) is 100 Å². The molecule has 8 heteroatoms. The van der Waals surface area contributed by atoms with Gasteiger partial charge in [-0.2, -0.15) is 5.10 Å². The fraction of sp³-hybridized carbons (Fsp3) is 0.125. The first-order chi connectivity index (χ1) is 11.7. The second kappa shape index (κ2) is 5.97. The molecule has 4 rings (SSSR count). The molecule has 0 atom stereocenters. The van der Waals surface area contributed by atoms with E-state index in [1.165, 1.54) is 18.0 Å². The average molecular weight is 339 g/mol. The summed E-state index contributed by atoms with van der Waals surface area (Å²) >= 11 is 1.39. The van der Waals surface area contributed by atoms with Crippen LogP contribution in [-0.2, 0) is 5.75 Å². The van der Waals surface area contributed by atoms with Gasteiger partial charge in [0.25, 0.3) is 5.56 Å². The van der Waals surface area contributed by atoms with Crippen molar-refractivity contribution in [3.8, 4) is 11.5 Å². The lowest BCUT2D eigenvalue weighted by Gasteiger charge is -1.99. The molecule has 0 unspecified atom stereocenters. The predicted octanol–water partition coefficient (Wildman–Crippen LogP) is 2.90. The minimum absolute atomic E-state index is 0.210. The molecule has 3 aromatic heterocycles. The van der Waals surface area contributed by atoms with Crippen molar-refractivity contribution in [2.24, 2.45) is 0 Å². The number of nitrogens with one attached hydrogen (secondary N) is 2. The van der Waals surface area contributed by atoms with Gasteiger partial charge in [-0.15, -0.1) is 0 Å². The number of rotatable bonds is 4. The number of hydrogen-bond acceptors (Lipinski definition) is 6. The summed E-state index contributed by atoms with van der Waals surface area (Å²) in [6, 6.07) is 9.74. The molecule has 0 amide bonds. The highest BCUT2D eigenvalue weighted by atomic mass is 32.2. The second-order valence-corrected chi connectivity index (χ2v) is 6.14. The molecule has 0 spiro atoms. The normalized spacial score (nSPS) is 11.2. The van der Waals surface area contributed by atoms with Crippen molar-refractivity contribution in [1.29, 1.82) is 0 Å². The summed E-state index contributed by atoms with van der Waals surface area (Å²) in [6.07, 6.45) is 1.46. The predicted molar refractivity (Wildman–Crippen MR) is 90.7 cm³/mol. The Hall–Kier alpha value is -2.87. The number of nitrogens with zero attached hydrogens (tertiary/aromatic N) is 3. The molecular weight excluding hydrogens is 326 g/mol. The Morgan fingerprint density at radius 2 is 2.04 bits per heavy atom. The number of H-pyrrole nitrogens is 2. The minimum Gasteiger partial charge on any atom is -0.441 e. The lowest BCUT2D eigenvalue weighted by Crippen LogP contribution is -2.08. The Labute approximate surface area is 140 Å². The summed E-state index contributed by atoms with van der Waals surface area (Å²) in [5.41, 5.74) is 2.02. The van der Waals surface area contributed by atoms with Gasteiger partial charge in [-0.25, -0.2) is 9.97 Å². The van der Waals surface area contributed by atoms with Crippen LogP contribution in [0.4, 0.5) is 0 Å². The number of hydrogen-bond donors (Lipinski definition) is 2. The van der Waals surface area contributed by atoms with Gasteiger partial charge in [-0.3, -0.25) is 9.89 Å². The molecule has 24 heavy (non-hydrogen) atoms. The van der Waals surface area contributed by atoms with E-state index in [2.05, 4.69) is 25.1 Å². The van der Waals surface area contributed by atoms with Gasteiger partial charge in [-0.05, 0) is 19.1 Å². The molecule has 4 aromatic rings. The monoisotopic (exact) mass is 339 g/mol. The SMILES string of the molecule is Cc1oc(-c2ccccc2)nc1CSc1nc2[nH]ncc2c(=O)[nH]1. The summed E-state index contributed by atoms with van der Waals surface area (Å²) < 4.78 is 5.74. The molecular formula is C16H13N5O2S. The van der Waals surface area contributed by atoms with Crippen LogP contribution in [0, 0.1) is 6.92 Å². The van der Waals surface area contributed by atoms with Crippen molar-refractivity contribution in [3.63, 3.8) is 0 Å². The fourth-order valence-corrected chi connectivity index (χ4v) is 3.16. The van der Waals surface area contributed by atoms with E-state index in [-0.39, 0.29) is 5.56 Å². The maximum atomic E-state index is 11.9. The number of benzene rings is 1. The third kappa shape index (κ3) is 2.71. The molecule has 7 nitrogen and oxygen atoms in total. The summed E-state index contributed by atoms with van der Waals surface area (Å²) in [5, 5.41) is 7.50. The molecule has 0 saturated carbocycles. The Kier molecular flexibility index (Phi) is 3.66. The average Bonchev–Trinajstić information content (AvgIpc) is 3.21. The van der Waals surface area contributed by atoms with Gasteiger partial charge >= 0.3 is 0 Å². The lowest BCUT2D eigenvalue weighted by atomic mass is 10.2. The molecule has 0 radical (unpaired) electrons. The van der Waals surface area contributed by atoms with Gasteiger partial charge in [-0.1, -0.05) is 30.0 Å². The van der Waals surface area contributed by atoms with Crippen LogP contribution in [0.25, 0.3) is 22.5 Å². The van der Waals surface area contributed by atoms with E-state index >= 15 is 0 Å². The molecule has 0 bridgehead atoms. The fourth-order valence-electron chi connectivity index (χ4n) is 2.30. The van der Waals surface area contributed by atoms with Crippen molar-refractivity contribution in [3.05, 3.63) is 58.3 Å². The Balaban J connectivity index is 1.57. The molecule has 0 aliphatic heterocycles. The number of aromatic nitrogens is 5. The van der Waals surface area contributed by atoms with Gasteiger partial charge in [0.05, 0.1) is 11.9 Å². The first-order valence-corrected chi connectivity index (χ1v) is 8.27. The molecule has 0 aliphatic carbocycles. The second-order valence-electron chi connectivity index (χ2n) is 5.18. The van der Waals surface area contributed by atoms with E-state index in [4.69, 9.17) is 4.42 Å². The highest BCUT2D eigenvalue weighted by Gasteiger charge is 2.13. The summed E-state index contributed by atoms with van der Waals surface area (Å²) in [5.74, 6) is 1.89. The summed E-state index contributed by atoms with van der Waals surface area (Å²) in [6.45, 7) is 1.88. The van der Waals surface area contributed by atoms with E-state index in [0.29, 0.717) is 27.8 Å². The molecule has 2 N–H and O–H groups in total. The standard InChI is InChI=1S/C16H13N5O2S/c1-9-12(18-15(23-9)10-5-3-2-4-6-10)8-24-16-19-13-11(7-17-21-13)14(22)20-16/h2-7H,8H2,1H3,(H2,17,19,20,21,22). The third-order valence-electron chi connectivity index (χ3n) is 3.56. The molecule has 0 saturated heterocycles. The van der Waals surface area contributed by atoms with Gasteiger partial charge in [0.1, 0.15) is 11.1 Å². The first kappa shape index (κ1) is 14.7. The van der Waals surface area contributed by atoms with E-state index in [0.717, 1.165) is 17.0 Å². The van der Waals surface area contributed by atoms with Crippen LogP contribution in [0.3, 0.4) is 0 Å². The number of thioether (sulfide) groups is 1. The Morgan fingerprint density at radius 1 is 1.21 bits per heavy atom. The number of aryl methyl sites for hydroxylation is 1. The Morgan fingerprint density at radius 3 is 2.88 bits per heavy atom. The van der Waals surface area contributed by atoms with Crippen molar-refractivity contribution in [2.45, 2.75) is 17.8 Å². The molecule has 3 heterocycles. The first-order valence-electron chi connectivity index (χ1n) is 7.28. The van der Waals surface area contributed by atoms with E-state index in [1.807, 2.05) is 37.3 Å². The maximum absolute atomic E-state index is 11.9. The maximum Gasteiger partial charge on any atom is 0.262 e. The molecule has 120 valence electrons. The molecule has 0 fully saturated rings. The zero-order chi connectivity index (χ0) is 16.5. The smallest absolute Gasteiger partial charge is 0.262 e.